The van der Waals surface area contributed by atoms with E-state index in [9.17, 15) is 4.79 Å². The molecule has 2 rings (SSSR count). The normalized spacial score (nSPS) is 19.6. The number of anilines is 2. The van der Waals surface area contributed by atoms with Gasteiger partial charge in [-0.25, -0.2) is 0 Å². The summed E-state index contributed by atoms with van der Waals surface area (Å²) in [5.74, 6) is -0.105. The molecule has 100 valence electrons. The van der Waals surface area contributed by atoms with Crippen molar-refractivity contribution in [2.75, 3.05) is 44.9 Å². The summed E-state index contributed by atoms with van der Waals surface area (Å²) in [6, 6.07) is 2.49. The largest absolute Gasteiger partial charge is 0.397 e. The number of amides is 1. The molecule has 1 fully saturated rings. The van der Waals surface area contributed by atoms with Crippen LogP contribution in [-0.2, 0) is 0 Å². The number of likely N-dealkylation sites (N-methyl/N-ethyl adjacent to an activating group) is 1. The van der Waals surface area contributed by atoms with E-state index in [0.29, 0.717) is 16.6 Å². The van der Waals surface area contributed by atoms with Gasteiger partial charge in [0.05, 0.1) is 10.7 Å². The summed E-state index contributed by atoms with van der Waals surface area (Å²) in [5.41, 5.74) is 6.46. The van der Waals surface area contributed by atoms with Crippen molar-refractivity contribution < 1.29 is 4.79 Å². The van der Waals surface area contributed by atoms with Gasteiger partial charge in [-0.3, -0.25) is 4.79 Å². The summed E-state index contributed by atoms with van der Waals surface area (Å²) in [6.07, 6.45) is 1.15. The number of nitrogens with one attached hydrogen (secondary N) is 1. The van der Waals surface area contributed by atoms with Gasteiger partial charge in [-0.15, -0.1) is 11.3 Å². The Kier molecular flexibility index (Phi) is 3.77. The van der Waals surface area contributed by atoms with E-state index in [4.69, 9.17) is 5.73 Å². The molecule has 3 N–H and O–H groups in total. The summed E-state index contributed by atoms with van der Waals surface area (Å²) in [4.78, 5) is 16.8. The van der Waals surface area contributed by atoms with Crippen molar-refractivity contribution in [1.29, 1.82) is 0 Å². The summed E-state index contributed by atoms with van der Waals surface area (Å²) in [6.45, 7) is 2.02. The maximum atomic E-state index is 11.6. The van der Waals surface area contributed by atoms with Crippen molar-refractivity contribution in [1.82, 2.24) is 10.2 Å². The zero-order valence-electron chi connectivity index (χ0n) is 11.1. The molecular weight excluding hydrogens is 248 g/mol. The summed E-state index contributed by atoms with van der Waals surface area (Å²) in [5, 5.41) is 3.71. The van der Waals surface area contributed by atoms with Crippen molar-refractivity contribution >= 4 is 27.9 Å². The summed E-state index contributed by atoms with van der Waals surface area (Å²) in [7, 11) is 5.83. The third-order valence-corrected chi connectivity index (χ3v) is 4.60. The predicted octanol–water partition coefficient (Wildman–Crippen LogP) is 0.830. The highest BCUT2D eigenvalue weighted by molar-refractivity contribution is 7.18. The molecule has 0 saturated carbocycles. The third-order valence-electron chi connectivity index (χ3n) is 3.39. The second-order valence-electron chi connectivity index (χ2n) is 4.80. The fourth-order valence-electron chi connectivity index (χ4n) is 2.20. The van der Waals surface area contributed by atoms with Gasteiger partial charge in [0.15, 0.2) is 0 Å². The molecule has 1 atom stereocenters. The lowest BCUT2D eigenvalue weighted by molar-refractivity contribution is 0.0968. The monoisotopic (exact) mass is 268 g/mol. The molecule has 1 aromatic rings. The maximum absolute atomic E-state index is 11.6. The van der Waals surface area contributed by atoms with Crippen LogP contribution in [0.4, 0.5) is 10.7 Å². The highest BCUT2D eigenvalue weighted by atomic mass is 32.1. The smallest absolute Gasteiger partial charge is 0.263 e. The van der Waals surface area contributed by atoms with Gasteiger partial charge in [0.2, 0.25) is 0 Å². The van der Waals surface area contributed by atoms with Crippen molar-refractivity contribution in [3.8, 4) is 0 Å². The topological polar surface area (TPSA) is 61.6 Å². The Labute approximate surface area is 112 Å². The molecule has 1 aromatic heterocycles. The van der Waals surface area contributed by atoms with Crippen molar-refractivity contribution in [2.24, 2.45) is 0 Å². The van der Waals surface area contributed by atoms with Crippen LogP contribution in [-0.4, -0.2) is 51.1 Å². The Hall–Kier alpha value is -1.27. The number of hydrogen-bond donors (Lipinski definition) is 2. The molecule has 5 nitrogen and oxygen atoms in total. The van der Waals surface area contributed by atoms with Gasteiger partial charge in [-0.2, -0.15) is 0 Å². The lowest BCUT2D eigenvalue weighted by Crippen LogP contribution is -2.31. The van der Waals surface area contributed by atoms with Crippen LogP contribution in [0.3, 0.4) is 0 Å². The van der Waals surface area contributed by atoms with Gasteiger partial charge < -0.3 is 20.9 Å². The lowest BCUT2D eigenvalue weighted by atomic mass is 10.2. The van der Waals surface area contributed by atoms with Crippen LogP contribution >= 0.6 is 11.3 Å². The number of carbonyl (C=O) groups excluding carboxylic acids is 1. The first-order valence-corrected chi connectivity index (χ1v) is 6.87. The molecule has 1 unspecified atom stereocenters. The number of hydrogen-bond acceptors (Lipinski definition) is 5. The average molecular weight is 268 g/mol. The molecule has 0 aliphatic carbocycles. The molecule has 18 heavy (non-hydrogen) atoms. The van der Waals surface area contributed by atoms with Gasteiger partial charge in [0.1, 0.15) is 4.88 Å². The fraction of sp³-hybridized carbons (Fsp3) is 0.583. The SMILES string of the molecule is CNC(=O)c1sc(N2CCC(N(C)C)C2)cc1N. The second kappa shape index (κ2) is 5.16. The van der Waals surface area contributed by atoms with Crippen molar-refractivity contribution in [2.45, 2.75) is 12.5 Å². The Morgan fingerprint density at radius 1 is 1.61 bits per heavy atom. The van der Waals surface area contributed by atoms with Crippen LogP contribution in [0.15, 0.2) is 6.07 Å². The quantitative estimate of drug-likeness (QED) is 0.852. The van der Waals surface area contributed by atoms with Gasteiger partial charge in [-0.1, -0.05) is 0 Å². The van der Waals surface area contributed by atoms with E-state index >= 15 is 0 Å². The third kappa shape index (κ3) is 2.44. The zero-order chi connectivity index (χ0) is 13.3. The first-order valence-electron chi connectivity index (χ1n) is 6.05. The van der Waals surface area contributed by atoms with Crippen LogP contribution in [0.5, 0.6) is 0 Å². The van der Waals surface area contributed by atoms with Crippen LogP contribution in [0.25, 0.3) is 0 Å². The van der Waals surface area contributed by atoms with Gasteiger partial charge in [0.25, 0.3) is 5.91 Å². The molecule has 0 radical (unpaired) electrons. The number of carbonyl (C=O) groups is 1. The van der Waals surface area contributed by atoms with Crippen LogP contribution in [0, 0.1) is 0 Å². The molecule has 0 spiro atoms. The van der Waals surface area contributed by atoms with E-state index in [2.05, 4.69) is 29.2 Å². The number of nitrogens with two attached hydrogens (primary N) is 1. The van der Waals surface area contributed by atoms with E-state index in [-0.39, 0.29) is 5.91 Å². The van der Waals surface area contributed by atoms with Gasteiger partial charge in [-0.05, 0) is 26.6 Å². The Morgan fingerprint density at radius 3 is 2.89 bits per heavy atom. The second-order valence-corrected chi connectivity index (χ2v) is 5.83. The first-order chi connectivity index (χ1) is 8.52. The molecule has 1 aliphatic heterocycles. The molecule has 0 bridgehead atoms. The van der Waals surface area contributed by atoms with Crippen LogP contribution < -0.4 is 16.0 Å². The molecule has 1 saturated heterocycles. The van der Waals surface area contributed by atoms with E-state index in [1.807, 2.05) is 6.07 Å². The highest BCUT2D eigenvalue weighted by Gasteiger charge is 2.26. The number of nitrogen functional groups attached to an aromatic ring is 1. The number of rotatable bonds is 3. The van der Waals surface area contributed by atoms with Gasteiger partial charge in [0, 0.05) is 26.2 Å². The van der Waals surface area contributed by atoms with E-state index in [0.717, 1.165) is 24.5 Å². The number of nitrogens with zero attached hydrogens (tertiary/aromatic N) is 2. The van der Waals surface area contributed by atoms with E-state index in [1.165, 1.54) is 11.3 Å². The fourth-order valence-corrected chi connectivity index (χ4v) is 3.26. The molecule has 0 aromatic carbocycles. The van der Waals surface area contributed by atoms with Crippen molar-refractivity contribution in [3.05, 3.63) is 10.9 Å². The molecule has 2 heterocycles. The Morgan fingerprint density at radius 2 is 2.33 bits per heavy atom. The molecule has 1 aliphatic rings. The van der Waals surface area contributed by atoms with E-state index < -0.39 is 0 Å². The number of thiophene rings is 1. The minimum absolute atomic E-state index is 0.105. The zero-order valence-corrected chi connectivity index (χ0v) is 11.9. The minimum Gasteiger partial charge on any atom is -0.397 e. The first kappa shape index (κ1) is 13.2. The molecular formula is C12H20N4OS. The summed E-state index contributed by atoms with van der Waals surface area (Å²) < 4.78 is 0. The van der Waals surface area contributed by atoms with Crippen LogP contribution in [0.2, 0.25) is 0 Å². The average Bonchev–Trinajstić information content (AvgIpc) is 2.94. The molecule has 1 amide bonds. The molecule has 6 heteroatoms. The standard InChI is InChI=1S/C12H20N4OS/c1-14-12(17)11-9(13)6-10(18-11)16-5-4-8(7-16)15(2)3/h6,8H,4-5,7,13H2,1-3H3,(H,14,17). The predicted molar refractivity (Wildman–Crippen MR) is 76.4 cm³/mol. The van der Waals surface area contributed by atoms with E-state index in [1.54, 1.807) is 7.05 Å². The van der Waals surface area contributed by atoms with Crippen LogP contribution in [0.1, 0.15) is 16.1 Å². The maximum Gasteiger partial charge on any atom is 0.263 e. The lowest BCUT2D eigenvalue weighted by Gasteiger charge is -2.20. The summed E-state index contributed by atoms with van der Waals surface area (Å²) >= 11 is 1.47. The van der Waals surface area contributed by atoms with Crippen molar-refractivity contribution in [3.63, 3.8) is 0 Å². The Bertz CT molecular complexity index is 443. The minimum atomic E-state index is -0.105. The Balaban J connectivity index is 2.13. The highest BCUT2D eigenvalue weighted by Crippen LogP contribution is 2.34. The van der Waals surface area contributed by atoms with Gasteiger partial charge >= 0.3 is 0 Å².